The third-order valence-electron chi connectivity index (χ3n) is 1.92. The van der Waals surface area contributed by atoms with Crippen molar-refractivity contribution in [1.29, 1.82) is 0 Å². The number of nitrogens with one attached hydrogen (secondary N) is 1. The van der Waals surface area contributed by atoms with Crippen LogP contribution in [0.3, 0.4) is 0 Å². The number of hydrogen-bond donors (Lipinski definition) is 2. The van der Waals surface area contributed by atoms with Crippen molar-refractivity contribution in [3.63, 3.8) is 0 Å². The zero-order chi connectivity index (χ0) is 11.4. The highest BCUT2D eigenvalue weighted by atomic mass is 19.1. The van der Waals surface area contributed by atoms with Gasteiger partial charge in [-0.05, 0) is 18.6 Å². The summed E-state index contributed by atoms with van der Waals surface area (Å²) in [4.78, 5) is 11.1. The second-order valence-electron chi connectivity index (χ2n) is 3.14. The van der Waals surface area contributed by atoms with Gasteiger partial charge >= 0.3 is 0 Å². The average molecular weight is 214 g/mol. The fourth-order valence-electron chi connectivity index (χ4n) is 1.10. The monoisotopic (exact) mass is 214 g/mol. The second kappa shape index (κ2) is 4.84. The average Bonchev–Trinajstić information content (AvgIpc) is 2.19. The molecule has 3 nitrogen and oxygen atoms in total. The Balaban J connectivity index is 2.93. The number of halogens is 2. The smallest absolute Gasteiger partial charge is 0.225 e. The van der Waals surface area contributed by atoms with E-state index in [9.17, 15) is 13.6 Å². The molecule has 0 unspecified atom stereocenters. The van der Waals surface area contributed by atoms with Crippen LogP contribution in [0.2, 0.25) is 0 Å². The van der Waals surface area contributed by atoms with E-state index in [0.29, 0.717) is 0 Å². The van der Waals surface area contributed by atoms with E-state index in [1.807, 2.05) is 0 Å². The highest BCUT2D eigenvalue weighted by Crippen LogP contribution is 2.21. The van der Waals surface area contributed by atoms with Crippen molar-refractivity contribution in [2.45, 2.75) is 13.3 Å². The summed E-state index contributed by atoms with van der Waals surface area (Å²) in [5.74, 6) is -2.04. The van der Waals surface area contributed by atoms with Crippen LogP contribution >= 0.6 is 0 Å². The molecule has 0 aromatic heterocycles. The lowest BCUT2D eigenvalue weighted by atomic mass is 10.2. The van der Waals surface area contributed by atoms with Crippen LogP contribution < -0.4 is 11.1 Å². The van der Waals surface area contributed by atoms with E-state index in [1.165, 1.54) is 13.0 Å². The van der Waals surface area contributed by atoms with Gasteiger partial charge in [0.15, 0.2) is 5.82 Å². The number of carbonyl (C=O) groups excluding carboxylic acids is 1. The van der Waals surface area contributed by atoms with Gasteiger partial charge in [0.2, 0.25) is 5.91 Å². The van der Waals surface area contributed by atoms with Crippen LogP contribution in [0.1, 0.15) is 12.0 Å². The van der Waals surface area contributed by atoms with E-state index in [0.717, 1.165) is 6.07 Å². The van der Waals surface area contributed by atoms with E-state index in [2.05, 4.69) is 5.32 Å². The van der Waals surface area contributed by atoms with Crippen molar-refractivity contribution in [3.8, 4) is 0 Å². The minimum Gasteiger partial charge on any atom is -0.330 e. The highest BCUT2D eigenvalue weighted by molar-refractivity contribution is 5.91. The number of rotatable bonds is 3. The normalized spacial score (nSPS) is 10.1. The molecule has 0 saturated heterocycles. The summed E-state index contributed by atoms with van der Waals surface area (Å²) in [7, 11) is 0. The lowest BCUT2D eigenvalue weighted by Gasteiger charge is -2.08. The molecule has 1 rings (SSSR count). The summed E-state index contributed by atoms with van der Waals surface area (Å²) >= 11 is 0. The Bertz CT molecular complexity index is 380. The van der Waals surface area contributed by atoms with Gasteiger partial charge in [-0.2, -0.15) is 0 Å². The minimum atomic E-state index is -0.788. The molecule has 0 spiro atoms. The van der Waals surface area contributed by atoms with Crippen molar-refractivity contribution in [3.05, 3.63) is 29.3 Å². The standard InChI is InChI=1S/C10H12F2N2O/c1-6-2-3-7(11)10(9(6)12)14-8(15)4-5-13/h2-3H,4-5,13H2,1H3,(H,14,15). The Kier molecular flexibility index (Phi) is 3.74. The maximum absolute atomic E-state index is 13.4. The first-order valence-corrected chi connectivity index (χ1v) is 4.50. The molecule has 1 aromatic rings. The Morgan fingerprint density at radius 3 is 2.73 bits per heavy atom. The van der Waals surface area contributed by atoms with Gasteiger partial charge in [-0.15, -0.1) is 0 Å². The molecule has 1 amide bonds. The Hall–Kier alpha value is -1.49. The molecule has 15 heavy (non-hydrogen) atoms. The van der Waals surface area contributed by atoms with E-state index < -0.39 is 23.2 Å². The number of anilines is 1. The molecule has 0 atom stereocenters. The summed E-state index contributed by atoms with van der Waals surface area (Å²) in [5.41, 5.74) is 5.01. The van der Waals surface area contributed by atoms with E-state index in [-0.39, 0.29) is 18.5 Å². The van der Waals surface area contributed by atoms with Crippen molar-refractivity contribution in [2.75, 3.05) is 11.9 Å². The molecule has 82 valence electrons. The summed E-state index contributed by atoms with van der Waals surface area (Å²) in [6.45, 7) is 1.63. The predicted octanol–water partition coefficient (Wildman–Crippen LogP) is 1.56. The number of aryl methyl sites for hydroxylation is 1. The number of benzene rings is 1. The fourth-order valence-corrected chi connectivity index (χ4v) is 1.10. The molecule has 0 heterocycles. The third kappa shape index (κ3) is 2.73. The highest BCUT2D eigenvalue weighted by Gasteiger charge is 2.13. The maximum atomic E-state index is 13.4. The minimum absolute atomic E-state index is 0.0345. The number of hydrogen-bond acceptors (Lipinski definition) is 2. The van der Waals surface area contributed by atoms with Crippen molar-refractivity contribution in [1.82, 2.24) is 0 Å². The van der Waals surface area contributed by atoms with Crippen LogP contribution in [0.5, 0.6) is 0 Å². The summed E-state index contributed by atoms with van der Waals surface area (Å²) in [6, 6.07) is 2.42. The van der Waals surface area contributed by atoms with Gasteiger partial charge in [0.05, 0.1) is 0 Å². The van der Waals surface area contributed by atoms with Gasteiger partial charge in [0, 0.05) is 13.0 Å². The summed E-state index contributed by atoms with van der Waals surface area (Å²) in [6.07, 6.45) is 0.0345. The number of nitrogens with two attached hydrogens (primary N) is 1. The zero-order valence-electron chi connectivity index (χ0n) is 8.31. The molecule has 0 bridgehead atoms. The van der Waals surface area contributed by atoms with Crippen LogP contribution in [0.4, 0.5) is 14.5 Å². The summed E-state index contributed by atoms with van der Waals surface area (Å²) < 4.78 is 26.5. The van der Waals surface area contributed by atoms with Crippen molar-refractivity contribution >= 4 is 11.6 Å². The third-order valence-corrected chi connectivity index (χ3v) is 1.92. The molecule has 0 aliphatic rings. The predicted molar refractivity (Wildman–Crippen MR) is 53.4 cm³/mol. The Morgan fingerprint density at radius 1 is 1.47 bits per heavy atom. The largest absolute Gasteiger partial charge is 0.330 e. The van der Waals surface area contributed by atoms with Gasteiger partial charge in [-0.25, -0.2) is 8.78 Å². The van der Waals surface area contributed by atoms with Crippen LogP contribution in [0, 0.1) is 18.6 Å². The van der Waals surface area contributed by atoms with E-state index in [1.54, 1.807) is 0 Å². The lowest BCUT2D eigenvalue weighted by molar-refractivity contribution is -0.116. The van der Waals surface area contributed by atoms with E-state index >= 15 is 0 Å². The molecule has 3 N–H and O–H groups in total. The number of amides is 1. The SMILES string of the molecule is Cc1ccc(F)c(NC(=O)CCN)c1F. The van der Waals surface area contributed by atoms with Gasteiger partial charge in [-0.3, -0.25) is 4.79 Å². The van der Waals surface area contributed by atoms with Gasteiger partial charge in [-0.1, -0.05) is 6.07 Å². The maximum Gasteiger partial charge on any atom is 0.225 e. The van der Waals surface area contributed by atoms with Crippen molar-refractivity contribution in [2.24, 2.45) is 5.73 Å². The van der Waals surface area contributed by atoms with E-state index in [4.69, 9.17) is 5.73 Å². The van der Waals surface area contributed by atoms with Crippen LogP contribution in [-0.4, -0.2) is 12.5 Å². The lowest BCUT2D eigenvalue weighted by Crippen LogP contribution is -2.18. The molecule has 0 aliphatic carbocycles. The first-order valence-electron chi connectivity index (χ1n) is 4.50. The topological polar surface area (TPSA) is 55.1 Å². The molecule has 0 fully saturated rings. The summed E-state index contributed by atoms with van der Waals surface area (Å²) in [5, 5.41) is 2.15. The quantitative estimate of drug-likeness (QED) is 0.802. The van der Waals surface area contributed by atoms with Gasteiger partial charge < -0.3 is 11.1 Å². The first kappa shape index (κ1) is 11.6. The van der Waals surface area contributed by atoms with Crippen LogP contribution in [0.25, 0.3) is 0 Å². The first-order chi connectivity index (χ1) is 7.06. The van der Waals surface area contributed by atoms with Crippen LogP contribution in [0.15, 0.2) is 12.1 Å². The van der Waals surface area contributed by atoms with Crippen molar-refractivity contribution < 1.29 is 13.6 Å². The molecule has 0 radical (unpaired) electrons. The molecular weight excluding hydrogens is 202 g/mol. The fraction of sp³-hybridized carbons (Fsp3) is 0.300. The van der Waals surface area contributed by atoms with Gasteiger partial charge in [0.25, 0.3) is 0 Å². The molecule has 1 aromatic carbocycles. The molecular formula is C10H12F2N2O. The van der Waals surface area contributed by atoms with Gasteiger partial charge in [0.1, 0.15) is 11.5 Å². The zero-order valence-corrected chi connectivity index (χ0v) is 8.31. The molecule has 5 heteroatoms. The van der Waals surface area contributed by atoms with Crippen LogP contribution in [-0.2, 0) is 4.79 Å². The second-order valence-corrected chi connectivity index (χ2v) is 3.14. The Morgan fingerprint density at radius 2 is 2.13 bits per heavy atom. The number of carbonyl (C=O) groups is 1. The molecule has 0 aliphatic heterocycles. The molecule has 0 saturated carbocycles. The Labute approximate surface area is 86.3 Å².